The van der Waals surface area contributed by atoms with Gasteiger partial charge in [0.2, 0.25) is 7.37 Å². The van der Waals surface area contributed by atoms with Crippen LogP contribution in [0.2, 0.25) is 0 Å². The molecule has 0 unspecified atom stereocenters. The molecule has 0 radical (unpaired) electrons. The third-order valence-corrected chi connectivity index (χ3v) is 3.75. The van der Waals surface area contributed by atoms with E-state index in [2.05, 4.69) is 0 Å². The van der Waals surface area contributed by atoms with Crippen LogP contribution in [0.15, 0.2) is 0 Å². The van der Waals surface area contributed by atoms with Gasteiger partial charge in [-0.05, 0) is 12.8 Å². The minimum Gasteiger partial charge on any atom is -0.344 e. The molecule has 2 nitrogen and oxygen atoms in total. The van der Waals surface area contributed by atoms with Gasteiger partial charge in [-0.1, -0.05) is 26.7 Å². The second-order valence-electron chi connectivity index (χ2n) is 3.00. The van der Waals surface area contributed by atoms with Gasteiger partial charge in [0.25, 0.3) is 0 Å². The Morgan fingerprint density at radius 1 is 1.09 bits per heavy atom. The summed E-state index contributed by atoms with van der Waals surface area (Å²) >= 11 is 0. The summed E-state index contributed by atoms with van der Waals surface area (Å²) in [5.41, 5.74) is 0. The summed E-state index contributed by atoms with van der Waals surface area (Å²) in [6.07, 6.45) is 4.83. The molecule has 0 aromatic heterocycles. The zero-order valence-corrected chi connectivity index (χ0v) is 8.44. The maximum absolute atomic E-state index is 11.3. The third-order valence-electron chi connectivity index (χ3n) is 1.72. The zero-order valence-electron chi connectivity index (χ0n) is 7.55. The lowest BCUT2D eigenvalue weighted by Crippen LogP contribution is -1.93. The lowest BCUT2D eigenvalue weighted by molar-refractivity contribution is 0.473. The Kier molecular flexibility index (Phi) is 5.89. The van der Waals surface area contributed by atoms with E-state index in [1.54, 1.807) is 0 Å². The van der Waals surface area contributed by atoms with Crippen molar-refractivity contribution in [1.82, 2.24) is 0 Å². The van der Waals surface area contributed by atoms with Crippen molar-refractivity contribution in [3.63, 3.8) is 0 Å². The maximum atomic E-state index is 11.3. The van der Waals surface area contributed by atoms with Crippen LogP contribution in [0.25, 0.3) is 0 Å². The number of unbranched alkanes of at least 4 members (excludes halogenated alkanes) is 2. The van der Waals surface area contributed by atoms with E-state index in [9.17, 15) is 9.46 Å². The molecule has 68 valence electrons. The molecule has 0 fully saturated rings. The Balaban J connectivity index is 3.53. The molecular weight excluding hydrogens is 159 g/mol. The predicted octanol–water partition coefficient (Wildman–Crippen LogP) is 2.86. The van der Waals surface area contributed by atoms with Crippen LogP contribution in [-0.2, 0) is 4.57 Å². The molecule has 0 aromatic carbocycles. The fourth-order valence-electron chi connectivity index (χ4n) is 0.922. The van der Waals surface area contributed by atoms with E-state index in [1.807, 2.05) is 13.8 Å². The van der Waals surface area contributed by atoms with Gasteiger partial charge in [-0.2, -0.15) is 0 Å². The molecule has 3 heteroatoms. The van der Waals surface area contributed by atoms with E-state index >= 15 is 0 Å². The normalized spacial score (nSPS) is 11.9. The SMILES string of the molecule is CCCCP(=O)(O)CCCC. The second-order valence-corrected chi connectivity index (χ2v) is 5.59. The van der Waals surface area contributed by atoms with Crippen molar-refractivity contribution < 1.29 is 9.46 Å². The van der Waals surface area contributed by atoms with Crippen LogP contribution in [0.4, 0.5) is 0 Å². The van der Waals surface area contributed by atoms with Crippen LogP contribution >= 0.6 is 7.37 Å². The van der Waals surface area contributed by atoms with Crippen molar-refractivity contribution in [2.24, 2.45) is 0 Å². The van der Waals surface area contributed by atoms with Crippen LogP contribution in [0, 0.1) is 0 Å². The van der Waals surface area contributed by atoms with E-state index in [1.165, 1.54) is 0 Å². The highest BCUT2D eigenvalue weighted by atomic mass is 31.2. The first kappa shape index (κ1) is 11.2. The Morgan fingerprint density at radius 2 is 1.45 bits per heavy atom. The highest BCUT2D eigenvalue weighted by molar-refractivity contribution is 7.57. The van der Waals surface area contributed by atoms with Gasteiger partial charge in [0.15, 0.2) is 0 Å². The van der Waals surface area contributed by atoms with Crippen LogP contribution in [0.3, 0.4) is 0 Å². The number of hydrogen-bond acceptors (Lipinski definition) is 1. The van der Waals surface area contributed by atoms with Crippen molar-refractivity contribution >= 4 is 7.37 Å². The zero-order chi connectivity index (χ0) is 8.74. The molecule has 0 heterocycles. The molecule has 0 spiro atoms. The van der Waals surface area contributed by atoms with E-state index in [0.717, 1.165) is 25.7 Å². The molecular formula is C8H19O2P. The average Bonchev–Trinajstić information content (AvgIpc) is 1.97. The largest absolute Gasteiger partial charge is 0.344 e. The fraction of sp³-hybridized carbons (Fsp3) is 1.00. The Hall–Kier alpha value is 0.190. The third kappa shape index (κ3) is 6.58. The van der Waals surface area contributed by atoms with Crippen molar-refractivity contribution in [2.75, 3.05) is 12.3 Å². The molecule has 11 heavy (non-hydrogen) atoms. The fourth-order valence-corrected chi connectivity index (χ4v) is 2.77. The van der Waals surface area contributed by atoms with Gasteiger partial charge in [-0.15, -0.1) is 0 Å². The molecule has 0 aliphatic carbocycles. The molecule has 0 saturated carbocycles. The summed E-state index contributed by atoms with van der Waals surface area (Å²) in [5.74, 6) is 0. The number of rotatable bonds is 6. The van der Waals surface area contributed by atoms with E-state index in [4.69, 9.17) is 0 Å². The number of hydrogen-bond donors (Lipinski definition) is 1. The highest BCUT2D eigenvalue weighted by Crippen LogP contribution is 2.42. The van der Waals surface area contributed by atoms with Crippen LogP contribution < -0.4 is 0 Å². The summed E-state index contributed by atoms with van der Waals surface area (Å²) in [6, 6.07) is 0. The Bertz CT molecular complexity index is 122. The Morgan fingerprint density at radius 3 is 1.73 bits per heavy atom. The molecule has 0 amide bonds. The van der Waals surface area contributed by atoms with Crippen molar-refractivity contribution in [3.05, 3.63) is 0 Å². The van der Waals surface area contributed by atoms with Crippen LogP contribution in [0.5, 0.6) is 0 Å². The minimum atomic E-state index is -2.73. The average molecular weight is 178 g/mol. The van der Waals surface area contributed by atoms with E-state index in [0.29, 0.717) is 12.3 Å². The van der Waals surface area contributed by atoms with Gasteiger partial charge >= 0.3 is 0 Å². The lowest BCUT2D eigenvalue weighted by Gasteiger charge is -2.09. The molecule has 0 aliphatic rings. The summed E-state index contributed by atoms with van der Waals surface area (Å²) in [4.78, 5) is 9.33. The standard InChI is InChI=1S/C8H19O2P/c1-3-5-7-11(9,10)8-6-4-2/h3-8H2,1-2H3,(H,9,10). The van der Waals surface area contributed by atoms with Crippen molar-refractivity contribution in [2.45, 2.75) is 39.5 Å². The van der Waals surface area contributed by atoms with Gasteiger partial charge in [-0.25, -0.2) is 0 Å². The van der Waals surface area contributed by atoms with Crippen molar-refractivity contribution in [3.8, 4) is 0 Å². The summed E-state index contributed by atoms with van der Waals surface area (Å²) in [7, 11) is -2.73. The predicted molar refractivity (Wildman–Crippen MR) is 49.4 cm³/mol. The maximum Gasteiger partial charge on any atom is 0.200 e. The topological polar surface area (TPSA) is 37.3 Å². The molecule has 0 saturated heterocycles. The summed E-state index contributed by atoms with van der Waals surface area (Å²) in [6.45, 7) is 4.08. The highest BCUT2D eigenvalue weighted by Gasteiger charge is 2.15. The summed E-state index contributed by atoms with van der Waals surface area (Å²) in [5, 5.41) is 0. The van der Waals surface area contributed by atoms with Crippen LogP contribution in [0.1, 0.15) is 39.5 Å². The van der Waals surface area contributed by atoms with Crippen LogP contribution in [-0.4, -0.2) is 17.2 Å². The van der Waals surface area contributed by atoms with E-state index in [-0.39, 0.29) is 0 Å². The summed E-state index contributed by atoms with van der Waals surface area (Å²) < 4.78 is 11.3. The molecule has 1 N–H and O–H groups in total. The van der Waals surface area contributed by atoms with E-state index < -0.39 is 7.37 Å². The van der Waals surface area contributed by atoms with Gasteiger partial charge in [-0.3, -0.25) is 4.57 Å². The first-order valence-corrected chi connectivity index (χ1v) is 6.46. The minimum absolute atomic E-state index is 0.517. The van der Waals surface area contributed by atoms with Gasteiger partial charge in [0, 0.05) is 12.3 Å². The quantitative estimate of drug-likeness (QED) is 0.635. The Labute approximate surface area is 69.5 Å². The molecule has 0 bridgehead atoms. The molecule has 0 aromatic rings. The first-order valence-electron chi connectivity index (χ1n) is 4.43. The molecule has 0 atom stereocenters. The van der Waals surface area contributed by atoms with Gasteiger partial charge < -0.3 is 4.89 Å². The van der Waals surface area contributed by atoms with Crippen molar-refractivity contribution in [1.29, 1.82) is 0 Å². The monoisotopic (exact) mass is 178 g/mol. The van der Waals surface area contributed by atoms with Gasteiger partial charge in [0.1, 0.15) is 0 Å². The second kappa shape index (κ2) is 5.79. The lowest BCUT2D eigenvalue weighted by atomic mass is 10.4. The molecule has 0 aliphatic heterocycles. The molecule has 0 rings (SSSR count). The van der Waals surface area contributed by atoms with Gasteiger partial charge in [0.05, 0.1) is 0 Å². The smallest absolute Gasteiger partial charge is 0.200 e. The first-order chi connectivity index (χ1) is 5.12.